The van der Waals surface area contributed by atoms with Crippen LogP contribution in [-0.4, -0.2) is 23.7 Å². The Morgan fingerprint density at radius 1 is 1.33 bits per heavy atom. The van der Waals surface area contributed by atoms with Crippen LogP contribution in [0, 0.1) is 17.8 Å². The fraction of sp³-hybridized carbons (Fsp3) is 0.917. The van der Waals surface area contributed by atoms with Crippen molar-refractivity contribution in [3.63, 3.8) is 0 Å². The molecule has 1 rings (SSSR count). The van der Waals surface area contributed by atoms with Crippen LogP contribution >= 0.6 is 0 Å². The SMILES string of the molecule is CC1CC(C)CC(C(=O)NC(C)CO)C1. The highest BCUT2D eigenvalue weighted by Gasteiger charge is 2.29. The van der Waals surface area contributed by atoms with Crippen molar-refractivity contribution in [1.82, 2.24) is 5.32 Å². The predicted octanol–water partition coefficient (Wildman–Crippen LogP) is 1.56. The zero-order chi connectivity index (χ0) is 11.4. The van der Waals surface area contributed by atoms with Crippen LogP contribution in [0.25, 0.3) is 0 Å². The molecule has 0 radical (unpaired) electrons. The summed E-state index contributed by atoms with van der Waals surface area (Å²) in [7, 11) is 0. The molecule has 3 nitrogen and oxygen atoms in total. The third kappa shape index (κ3) is 3.82. The minimum Gasteiger partial charge on any atom is -0.394 e. The van der Waals surface area contributed by atoms with Crippen molar-refractivity contribution in [1.29, 1.82) is 0 Å². The lowest BCUT2D eigenvalue weighted by atomic mass is 9.76. The van der Waals surface area contributed by atoms with E-state index in [4.69, 9.17) is 5.11 Å². The predicted molar refractivity (Wildman–Crippen MR) is 60.4 cm³/mol. The van der Waals surface area contributed by atoms with E-state index in [2.05, 4.69) is 19.2 Å². The highest BCUT2D eigenvalue weighted by atomic mass is 16.3. The number of aliphatic hydroxyl groups excluding tert-OH is 1. The van der Waals surface area contributed by atoms with Crippen molar-refractivity contribution in [2.24, 2.45) is 17.8 Å². The van der Waals surface area contributed by atoms with Gasteiger partial charge < -0.3 is 10.4 Å². The van der Waals surface area contributed by atoms with Crippen molar-refractivity contribution < 1.29 is 9.90 Å². The normalized spacial score (nSPS) is 33.5. The van der Waals surface area contributed by atoms with Gasteiger partial charge in [-0.25, -0.2) is 0 Å². The smallest absolute Gasteiger partial charge is 0.223 e. The maximum atomic E-state index is 11.8. The zero-order valence-electron chi connectivity index (χ0n) is 9.99. The van der Waals surface area contributed by atoms with Crippen LogP contribution in [0.2, 0.25) is 0 Å². The van der Waals surface area contributed by atoms with Gasteiger partial charge in [-0.3, -0.25) is 4.79 Å². The van der Waals surface area contributed by atoms with Crippen LogP contribution in [0.5, 0.6) is 0 Å². The van der Waals surface area contributed by atoms with Crippen LogP contribution in [-0.2, 0) is 4.79 Å². The molecule has 0 heterocycles. The Morgan fingerprint density at radius 2 is 1.87 bits per heavy atom. The summed E-state index contributed by atoms with van der Waals surface area (Å²) in [6.07, 6.45) is 3.22. The Bertz CT molecular complexity index is 208. The first-order valence-electron chi connectivity index (χ1n) is 5.94. The van der Waals surface area contributed by atoms with Gasteiger partial charge in [0.05, 0.1) is 6.61 Å². The van der Waals surface area contributed by atoms with E-state index < -0.39 is 0 Å². The first-order chi connectivity index (χ1) is 7.02. The molecule has 0 aromatic heterocycles. The number of aliphatic hydroxyl groups is 1. The van der Waals surface area contributed by atoms with Crippen LogP contribution in [0.1, 0.15) is 40.0 Å². The van der Waals surface area contributed by atoms with Crippen LogP contribution in [0.4, 0.5) is 0 Å². The van der Waals surface area contributed by atoms with Gasteiger partial charge in [-0.1, -0.05) is 13.8 Å². The van der Waals surface area contributed by atoms with Crippen molar-refractivity contribution in [2.75, 3.05) is 6.61 Å². The van der Waals surface area contributed by atoms with Gasteiger partial charge in [-0.05, 0) is 38.0 Å². The fourth-order valence-electron chi connectivity index (χ4n) is 2.57. The number of rotatable bonds is 3. The zero-order valence-corrected chi connectivity index (χ0v) is 9.99. The number of carbonyl (C=O) groups excluding carboxylic acids is 1. The first-order valence-corrected chi connectivity index (χ1v) is 5.94. The quantitative estimate of drug-likeness (QED) is 0.747. The summed E-state index contributed by atoms with van der Waals surface area (Å²) in [5.41, 5.74) is 0. The lowest BCUT2D eigenvalue weighted by Gasteiger charge is -2.31. The summed E-state index contributed by atoms with van der Waals surface area (Å²) in [6.45, 7) is 6.27. The highest BCUT2D eigenvalue weighted by molar-refractivity contribution is 5.79. The second-order valence-electron chi connectivity index (χ2n) is 5.21. The topological polar surface area (TPSA) is 49.3 Å². The van der Waals surface area contributed by atoms with E-state index in [0.29, 0.717) is 11.8 Å². The Kier molecular flexibility index (Phi) is 4.58. The molecular weight excluding hydrogens is 190 g/mol. The average Bonchev–Trinajstić information content (AvgIpc) is 2.16. The number of carbonyl (C=O) groups is 1. The number of hydrogen-bond donors (Lipinski definition) is 2. The summed E-state index contributed by atoms with van der Waals surface area (Å²) in [5, 5.41) is 11.7. The van der Waals surface area contributed by atoms with Gasteiger partial charge in [0, 0.05) is 12.0 Å². The number of amides is 1. The first kappa shape index (κ1) is 12.5. The molecule has 0 aliphatic heterocycles. The van der Waals surface area contributed by atoms with Crippen LogP contribution in [0.15, 0.2) is 0 Å². The molecule has 88 valence electrons. The third-order valence-corrected chi connectivity index (χ3v) is 3.21. The van der Waals surface area contributed by atoms with Gasteiger partial charge in [0.1, 0.15) is 0 Å². The van der Waals surface area contributed by atoms with Gasteiger partial charge in [0.25, 0.3) is 0 Å². The Hall–Kier alpha value is -0.570. The van der Waals surface area contributed by atoms with Crippen molar-refractivity contribution in [2.45, 2.75) is 46.1 Å². The average molecular weight is 213 g/mol. The Balaban J connectivity index is 2.44. The summed E-state index contributed by atoms with van der Waals surface area (Å²) in [5.74, 6) is 1.57. The molecule has 3 atom stereocenters. The molecule has 0 spiro atoms. The molecule has 1 saturated carbocycles. The van der Waals surface area contributed by atoms with E-state index in [1.54, 1.807) is 0 Å². The summed E-state index contributed by atoms with van der Waals surface area (Å²) in [6, 6.07) is -0.120. The van der Waals surface area contributed by atoms with Crippen LogP contribution in [0.3, 0.4) is 0 Å². The fourth-order valence-corrected chi connectivity index (χ4v) is 2.57. The molecule has 0 aromatic carbocycles. The van der Waals surface area contributed by atoms with Gasteiger partial charge in [0.15, 0.2) is 0 Å². The van der Waals surface area contributed by atoms with E-state index in [1.807, 2.05) is 6.92 Å². The van der Waals surface area contributed by atoms with E-state index in [9.17, 15) is 4.79 Å². The van der Waals surface area contributed by atoms with Gasteiger partial charge >= 0.3 is 0 Å². The molecule has 1 aliphatic carbocycles. The Morgan fingerprint density at radius 3 is 2.33 bits per heavy atom. The second-order valence-corrected chi connectivity index (χ2v) is 5.21. The largest absolute Gasteiger partial charge is 0.394 e. The maximum absolute atomic E-state index is 11.8. The van der Waals surface area contributed by atoms with Gasteiger partial charge in [-0.15, -0.1) is 0 Å². The minimum absolute atomic E-state index is 0.0174. The van der Waals surface area contributed by atoms with E-state index in [-0.39, 0.29) is 24.5 Å². The lowest BCUT2D eigenvalue weighted by Crippen LogP contribution is -2.41. The second kappa shape index (κ2) is 5.50. The molecular formula is C12H23NO2. The highest BCUT2D eigenvalue weighted by Crippen LogP contribution is 2.32. The molecule has 0 saturated heterocycles. The monoisotopic (exact) mass is 213 g/mol. The molecule has 1 fully saturated rings. The maximum Gasteiger partial charge on any atom is 0.223 e. The van der Waals surface area contributed by atoms with E-state index in [1.165, 1.54) is 6.42 Å². The lowest BCUT2D eigenvalue weighted by molar-refractivity contribution is -0.127. The van der Waals surface area contributed by atoms with Crippen molar-refractivity contribution in [3.05, 3.63) is 0 Å². The molecule has 2 N–H and O–H groups in total. The summed E-state index contributed by atoms with van der Waals surface area (Å²) >= 11 is 0. The molecule has 15 heavy (non-hydrogen) atoms. The summed E-state index contributed by atoms with van der Waals surface area (Å²) in [4.78, 5) is 11.8. The standard InChI is InChI=1S/C12H23NO2/c1-8-4-9(2)6-11(5-8)12(15)13-10(3)7-14/h8-11,14H,4-7H2,1-3H3,(H,13,15). The number of hydrogen-bond acceptors (Lipinski definition) is 2. The molecule has 1 aliphatic rings. The molecule has 1 amide bonds. The van der Waals surface area contributed by atoms with Crippen LogP contribution < -0.4 is 5.32 Å². The van der Waals surface area contributed by atoms with Crippen molar-refractivity contribution in [3.8, 4) is 0 Å². The molecule has 0 aromatic rings. The van der Waals surface area contributed by atoms with E-state index >= 15 is 0 Å². The van der Waals surface area contributed by atoms with Gasteiger partial charge in [0.2, 0.25) is 5.91 Å². The Labute approximate surface area is 92.3 Å². The summed E-state index contributed by atoms with van der Waals surface area (Å²) < 4.78 is 0. The minimum atomic E-state index is -0.120. The third-order valence-electron chi connectivity index (χ3n) is 3.21. The molecule has 3 unspecified atom stereocenters. The number of nitrogens with one attached hydrogen (secondary N) is 1. The van der Waals surface area contributed by atoms with E-state index in [0.717, 1.165) is 12.8 Å². The van der Waals surface area contributed by atoms with Gasteiger partial charge in [-0.2, -0.15) is 0 Å². The molecule has 3 heteroatoms. The molecule has 0 bridgehead atoms. The van der Waals surface area contributed by atoms with Crippen molar-refractivity contribution >= 4 is 5.91 Å².